The predicted octanol–water partition coefficient (Wildman–Crippen LogP) is -0.401. The van der Waals surface area contributed by atoms with E-state index >= 15 is 0 Å². The van der Waals surface area contributed by atoms with Crippen molar-refractivity contribution in [1.82, 2.24) is 15.1 Å². The number of hydrogen-bond donors (Lipinski definition) is 1. The fourth-order valence-corrected chi connectivity index (χ4v) is 2.01. The van der Waals surface area contributed by atoms with Gasteiger partial charge in [0.05, 0.1) is 6.54 Å². The van der Waals surface area contributed by atoms with E-state index in [1.807, 2.05) is 6.92 Å². The van der Waals surface area contributed by atoms with Crippen molar-refractivity contribution < 1.29 is 0 Å². The predicted molar refractivity (Wildman–Crippen MR) is 58.1 cm³/mol. The van der Waals surface area contributed by atoms with Crippen LogP contribution in [0.2, 0.25) is 0 Å². The summed E-state index contributed by atoms with van der Waals surface area (Å²) in [7, 11) is 0. The Morgan fingerprint density at radius 2 is 1.93 bits per heavy atom. The van der Waals surface area contributed by atoms with Crippen molar-refractivity contribution in [1.29, 1.82) is 0 Å². The molecule has 0 aromatic carbocycles. The number of hydrogen-bond acceptors (Lipinski definition) is 3. The number of nitrogens with zero attached hydrogens (tertiary/aromatic N) is 2. The average Bonchev–Trinajstić information content (AvgIpc) is 2.14. The first kappa shape index (κ1) is 9.97. The zero-order valence-corrected chi connectivity index (χ0v) is 8.92. The molecule has 2 aliphatic heterocycles. The summed E-state index contributed by atoms with van der Waals surface area (Å²) in [6.07, 6.45) is 0. The van der Waals surface area contributed by atoms with Gasteiger partial charge in [0.1, 0.15) is 0 Å². The molecule has 0 atom stereocenters. The van der Waals surface area contributed by atoms with Gasteiger partial charge >= 0.3 is 0 Å². The third-order valence-electron chi connectivity index (χ3n) is 3.16. The second kappa shape index (κ2) is 4.79. The molecule has 1 N–H and O–H groups in total. The molecule has 2 aliphatic rings. The van der Waals surface area contributed by atoms with E-state index in [0.29, 0.717) is 0 Å². The first-order chi connectivity index (χ1) is 6.90. The molecule has 0 aromatic rings. The quantitative estimate of drug-likeness (QED) is 0.602. The summed E-state index contributed by atoms with van der Waals surface area (Å²) in [5.74, 6) is 6.09. The lowest BCUT2D eigenvalue weighted by Gasteiger charge is -2.42. The van der Waals surface area contributed by atoms with Gasteiger partial charge in [0.25, 0.3) is 0 Å². The summed E-state index contributed by atoms with van der Waals surface area (Å²) in [5.41, 5.74) is 0. The van der Waals surface area contributed by atoms with E-state index in [2.05, 4.69) is 27.0 Å². The number of nitrogens with one attached hydrogen (secondary N) is 1. The van der Waals surface area contributed by atoms with E-state index in [9.17, 15) is 0 Å². The first-order valence-electron chi connectivity index (χ1n) is 5.47. The lowest BCUT2D eigenvalue weighted by molar-refractivity contribution is 0.0790. The molecule has 2 saturated heterocycles. The number of piperazine rings is 1. The molecule has 14 heavy (non-hydrogen) atoms. The fraction of sp³-hybridized carbons (Fsp3) is 0.818. The van der Waals surface area contributed by atoms with Crippen LogP contribution in [0.15, 0.2) is 0 Å². The molecule has 2 fully saturated rings. The Labute approximate surface area is 86.4 Å². The van der Waals surface area contributed by atoms with Crippen molar-refractivity contribution in [2.75, 3.05) is 45.8 Å². The molecule has 2 rings (SSSR count). The van der Waals surface area contributed by atoms with Crippen LogP contribution in [-0.2, 0) is 0 Å². The van der Waals surface area contributed by atoms with Crippen LogP contribution in [0.25, 0.3) is 0 Å². The van der Waals surface area contributed by atoms with E-state index in [1.54, 1.807) is 0 Å². The van der Waals surface area contributed by atoms with Crippen LogP contribution in [-0.4, -0.2) is 61.7 Å². The maximum Gasteiger partial charge on any atom is 0.0602 e. The van der Waals surface area contributed by atoms with E-state index in [0.717, 1.165) is 12.6 Å². The van der Waals surface area contributed by atoms with E-state index < -0.39 is 0 Å². The van der Waals surface area contributed by atoms with Crippen molar-refractivity contribution in [3.8, 4) is 11.8 Å². The van der Waals surface area contributed by atoms with Gasteiger partial charge in [0.15, 0.2) is 0 Å². The summed E-state index contributed by atoms with van der Waals surface area (Å²) in [5, 5.41) is 3.33. The molecule has 3 heteroatoms. The first-order valence-corrected chi connectivity index (χ1v) is 5.47. The minimum absolute atomic E-state index is 0.814. The van der Waals surface area contributed by atoms with Gasteiger partial charge in [-0.15, -0.1) is 5.92 Å². The van der Waals surface area contributed by atoms with Gasteiger partial charge in [-0.25, -0.2) is 0 Å². The van der Waals surface area contributed by atoms with E-state index in [4.69, 9.17) is 0 Å². The maximum atomic E-state index is 3.33. The van der Waals surface area contributed by atoms with Crippen LogP contribution >= 0.6 is 0 Å². The van der Waals surface area contributed by atoms with Crippen LogP contribution in [0.5, 0.6) is 0 Å². The summed E-state index contributed by atoms with van der Waals surface area (Å²) < 4.78 is 0. The van der Waals surface area contributed by atoms with Gasteiger partial charge in [-0.05, 0) is 6.92 Å². The van der Waals surface area contributed by atoms with E-state index in [-0.39, 0.29) is 0 Å². The van der Waals surface area contributed by atoms with Crippen molar-refractivity contribution in [3.05, 3.63) is 0 Å². The summed E-state index contributed by atoms with van der Waals surface area (Å²) in [6.45, 7) is 10.1. The standard InChI is InChI=1S/C11H19N3/c1-2-3-4-13-5-7-14(8-6-13)11-9-12-10-11/h11-12H,4-10H2,1H3. The molecule has 78 valence electrons. The van der Waals surface area contributed by atoms with Crippen molar-refractivity contribution in [2.24, 2.45) is 0 Å². The molecule has 0 aromatic heterocycles. The average molecular weight is 193 g/mol. The topological polar surface area (TPSA) is 18.5 Å². The zero-order valence-electron chi connectivity index (χ0n) is 8.92. The van der Waals surface area contributed by atoms with Gasteiger partial charge in [-0.3, -0.25) is 9.80 Å². The molecule has 0 bridgehead atoms. The van der Waals surface area contributed by atoms with Gasteiger partial charge in [-0.1, -0.05) is 5.92 Å². The van der Waals surface area contributed by atoms with Crippen LogP contribution in [0.1, 0.15) is 6.92 Å². The third-order valence-corrected chi connectivity index (χ3v) is 3.16. The monoisotopic (exact) mass is 193 g/mol. The summed E-state index contributed by atoms with van der Waals surface area (Å²) in [6, 6.07) is 0.814. The molecule has 0 unspecified atom stereocenters. The second-order valence-corrected chi connectivity index (χ2v) is 4.05. The van der Waals surface area contributed by atoms with Crippen LogP contribution in [0.4, 0.5) is 0 Å². The second-order valence-electron chi connectivity index (χ2n) is 4.05. The summed E-state index contributed by atoms with van der Waals surface area (Å²) >= 11 is 0. The highest BCUT2D eigenvalue weighted by molar-refractivity contribution is 4.98. The van der Waals surface area contributed by atoms with Crippen LogP contribution in [0, 0.1) is 11.8 Å². The Morgan fingerprint density at radius 3 is 2.43 bits per heavy atom. The minimum atomic E-state index is 0.814. The van der Waals surface area contributed by atoms with Crippen LogP contribution < -0.4 is 5.32 Å². The lowest BCUT2D eigenvalue weighted by atomic mass is 10.1. The van der Waals surface area contributed by atoms with Gasteiger partial charge in [0.2, 0.25) is 0 Å². The Morgan fingerprint density at radius 1 is 1.21 bits per heavy atom. The highest BCUT2D eigenvalue weighted by Gasteiger charge is 2.27. The zero-order chi connectivity index (χ0) is 9.80. The van der Waals surface area contributed by atoms with Crippen molar-refractivity contribution >= 4 is 0 Å². The Bertz CT molecular complexity index is 229. The van der Waals surface area contributed by atoms with Crippen molar-refractivity contribution in [2.45, 2.75) is 13.0 Å². The molecule has 0 aliphatic carbocycles. The van der Waals surface area contributed by atoms with Gasteiger partial charge in [0, 0.05) is 45.3 Å². The molecular formula is C11H19N3. The summed E-state index contributed by atoms with van der Waals surface area (Å²) in [4.78, 5) is 5.05. The Kier molecular flexibility index (Phi) is 3.41. The Hall–Kier alpha value is -0.560. The maximum absolute atomic E-state index is 3.33. The molecule has 0 amide bonds. The number of rotatable bonds is 2. The molecule has 2 heterocycles. The molecule has 0 spiro atoms. The molecular weight excluding hydrogens is 174 g/mol. The SMILES string of the molecule is CC#CCN1CCN(C2CNC2)CC1. The smallest absolute Gasteiger partial charge is 0.0602 e. The van der Waals surface area contributed by atoms with E-state index in [1.165, 1.54) is 39.3 Å². The normalized spacial score (nSPS) is 25.2. The largest absolute Gasteiger partial charge is 0.314 e. The van der Waals surface area contributed by atoms with Crippen molar-refractivity contribution in [3.63, 3.8) is 0 Å². The van der Waals surface area contributed by atoms with Crippen LogP contribution in [0.3, 0.4) is 0 Å². The molecule has 0 saturated carbocycles. The fourth-order valence-electron chi connectivity index (χ4n) is 2.01. The molecule has 0 radical (unpaired) electrons. The van der Waals surface area contributed by atoms with Gasteiger partial charge < -0.3 is 5.32 Å². The Balaban J connectivity index is 1.70. The molecule has 3 nitrogen and oxygen atoms in total. The van der Waals surface area contributed by atoms with Gasteiger partial charge in [-0.2, -0.15) is 0 Å². The minimum Gasteiger partial charge on any atom is -0.314 e. The highest BCUT2D eigenvalue weighted by atomic mass is 15.3. The highest BCUT2D eigenvalue weighted by Crippen LogP contribution is 2.08. The third kappa shape index (κ3) is 2.27. The lowest BCUT2D eigenvalue weighted by Crippen LogP contribution is -2.61.